The van der Waals surface area contributed by atoms with Gasteiger partial charge in [0, 0.05) is 38.1 Å². The molecule has 1 amide bonds. The van der Waals surface area contributed by atoms with E-state index in [0.29, 0.717) is 6.54 Å². The maximum atomic E-state index is 12.7. The number of piperidine rings is 1. The number of nitrogens with one attached hydrogen (secondary N) is 1. The molecular formula is C16H27Cl2N5O. The molecule has 0 bridgehead atoms. The van der Waals surface area contributed by atoms with Crippen LogP contribution in [0.4, 0.5) is 5.95 Å². The maximum absolute atomic E-state index is 12.7. The summed E-state index contributed by atoms with van der Waals surface area (Å²) in [7, 11) is 0. The second kappa shape index (κ2) is 9.39. The van der Waals surface area contributed by atoms with E-state index in [1.165, 1.54) is 0 Å². The van der Waals surface area contributed by atoms with Gasteiger partial charge in [-0.3, -0.25) is 4.79 Å². The van der Waals surface area contributed by atoms with Gasteiger partial charge in [-0.05, 0) is 31.7 Å². The van der Waals surface area contributed by atoms with Gasteiger partial charge >= 0.3 is 0 Å². The Morgan fingerprint density at radius 2 is 1.92 bits per heavy atom. The lowest BCUT2D eigenvalue weighted by atomic mass is 9.85. The topological polar surface area (TPSA) is 84.1 Å². The van der Waals surface area contributed by atoms with Gasteiger partial charge in [0.1, 0.15) is 0 Å². The van der Waals surface area contributed by atoms with E-state index in [9.17, 15) is 4.79 Å². The number of hydrogen-bond acceptors (Lipinski definition) is 5. The highest BCUT2D eigenvalue weighted by molar-refractivity contribution is 5.85. The lowest BCUT2D eigenvalue weighted by Gasteiger charge is -2.35. The molecule has 24 heavy (non-hydrogen) atoms. The molecule has 1 aromatic rings. The number of hydrogen-bond donors (Lipinski definition) is 2. The Morgan fingerprint density at radius 1 is 1.25 bits per heavy atom. The van der Waals surface area contributed by atoms with Gasteiger partial charge in [0.15, 0.2) is 0 Å². The van der Waals surface area contributed by atoms with Crippen LogP contribution in [0.5, 0.6) is 0 Å². The first-order valence-corrected chi connectivity index (χ1v) is 8.26. The summed E-state index contributed by atoms with van der Waals surface area (Å²) >= 11 is 0. The second-order valence-corrected chi connectivity index (χ2v) is 6.50. The Kier molecular flexibility index (Phi) is 8.19. The molecule has 136 valence electrons. The first-order chi connectivity index (χ1) is 10.7. The van der Waals surface area contributed by atoms with Gasteiger partial charge in [-0.15, -0.1) is 24.8 Å². The summed E-state index contributed by atoms with van der Waals surface area (Å²) in [6.07, 6.45) is 9.63. The van der Waals surface area contributed by atoms with Crippen LogP contribution in [-0.2, 0) is 4.79 Å². The van der Waals surface area contributed by atoms with Crippen LogP contribution in [0.3, 0.4) is 0 Å². The Hall–Kier alpha value is -1.11. The summed E-state index contributed by atoms with van der Waals surface area (Å²) < 4.78 is 0. The maximum Gasteiger partial charge on any atom is 0.227 e. The van der Waals surface area contributed by atoms with Crippen molar-refractivity contribution in [1.29, 1.82) is 0 Å². The molecule has 3 N–H and O–H groups in total. The summed E-state index contributed by atoms with van der Waals surface area (Å²) in [6.45, 7) is 2.17. The van der Waals surface area contributed by atoms with Gasteiger partial charge in [0.2, 0.25) is 11.9 Å². The zero-order chi connectivity index (χ0) is 15.4. The smallest absolute Gasteiger partial charge is 0.227 e. The average molecular weight is 376 g/mol. The van der Waals surface area contributed by atoms with Gasteiger partial charge in [-0.1, -0.05) is 12.8 Å². The predicted octanol–water partition coefficient (Wildman–Crippen LogP) is 1.92. The molecule has 1 atom stereocenters. The van der Waals surface area contributed by atoms with Gasteiger partial charge in [-0.2, -0.15) is 0 Å². The predicted molar refractivity (Wildman–Crippen MR) is 99.9 cm³/mol. The third-order valence-electron chi connectivity index (χ3n) is 5.02. The van der Waals surface area contributed by atoms with Crippen molar-refractivity contribution in [2.75, 3.05) is 24.5 Å². The number of anilines is 1. The van der Waals surface area contributed by atoms with Crippen LogP contribution in [0.15, 0.2) is 18.5 Å². The third-order valence-corrected chi connectivity index (χ3v) is 5.02. The van der Waals surface area contributed by atoms with Crippen LogP contribution in [0.1, 0.15) is 38.5 Å². The van der Waals surface area contributed by atoms with Gasteiger partial charge in [0.05, 0.1) is 5.41 Å². The van der Waals surface area contributed by atoms with Crippen molar-refractivity contribution in [1.82, 2.24) is 15.3 Å². The molecule has 2 fully saturated rings. The molecule has 1 aromatic heterocycles. The number of aromatic nitrogens is 2. The van der Waals surface area contributed by atoms with Crippen molar-refractivity contribution in [3.8, 4) is 0 Å². The van der Waals surface area contributed by atoms with Crippen LogP contribution in [0.25, 0.3) is 0 Å². The molecule has 1 unspecified atom stereocenters. The zero-order valence-electron chi connectivity index (χ0n) is 13.8. The largest absolute Gasteiger partial charge is 0.351 e. The van der Waals surface area contributed by atoms with Crippen LogP contribution in [-0.4, -0.2) is 41.6 Å². The fraction of sp³-hybridized carbons (Fsp3) is 0.688. The Labute approximate surface area is 155 Å². The van der Waals surface area contributed by atoms with Crippen LogP contribution in [0, 0.1) is 5.41 Å². The number of amides is 1. The highest BCUT2D eigenvalue weighted by atomic mass is 35.5. The first kappa shape index (κ1) is 20.9. The van der Waals surface area contributed by atoms with E-state index in [-0.39, 0.29) is 42.2 Å². The highest BCUT2D eigenvalue weighted by Crippen LogP contribution is 2.37. The molecule has 1 saturated heterocycles. The fourth-order valence-corrected chi connectivity index (χ4v) is 3.65. The molecule has 1 aliphatic carbocycles. The number of rotatable bonds is 4. The third kappa shape index (κ3) is 4.49. The molecule has 1 aliphatic heterocycles. The second-order valence-electron chi connectivity index (χ2n) is 6.50. The number of nitrogens with two attached hydrogens (primary N) is 1. The molecule has 0 spiro atoms. The summed E-state index contributed by atoms with van der Waals surface area (Å²) in [5.41, 5.74) is 5.57. The van der Waals surface area contributed by atoms with Gasteiger partial charge in [0.25, 0.3) is 0 Å². The van der Waals surface area contributed by atoms with E-state index in [0.717, 1.165) is 57.6 Å². The molecule has 6 nitrogen and oxygen atoms in total. The highest BCUT2D eigenvalue weighted by Gasteiger charge is 2.40. The van der Waals surface area contributed by atoms with Crippen molar-refractivity contribution in [3.05, 3.63) is 18.5 Å². The average Bonchev–Trinajstić information content (AvgIpc) is 3.06. The Bertz CT molecular complexity index is 510. The molecule has 1 saturated carbocycles. The van der Waals surface area contributed by atoms with E-state index in [2.05, 4.69) is 20.2 Å². The van der Waals surface area contributed by atoms with E-state index in [4.69, 9.17) is 5.73 Å². The normalized spacial score (nSPS) is 22.2. The SMILES string of the molecule is Cl.Cl.NCC1(C(=O)NC2CCCN(c3ncccn3)C2)CCCC1. The minimum atomic E-state index is -0.328. The minimum Gasteiger partial charge on any atom is -0.351 e. The summed E-state index contributed by atoms with van der Waals surface area (Å²) in [6, 6.07) is 1.98. The molecule has 0 radical (unpaired) electrons. The number of nitrogens with zero attached hydrogens (tertiary/aromatic N) is 3. The summed E-state index contributed by atoms with van der Waals surface area (Å²) in [4.78, 5) is 23.4. The molecule has 0 aromatic carbocycles. The van der Waals surface area contributed by atoms with E-state index in [1.54, 1.807) is 12.4 Å². The van der Waals surface area contributed by atoms with Crippen molar-refractivity contribution in [3.63, 3.8) is 0 Å². The Morgan fingerprint density at radius 3 is 2.54 bits per heavy atom. The van der Waals surface area contributed by atoms with Crippen LogP contribution >= 0.6 is 24.8 Å². The Balaban J connectivity index is 0.00000144. The molecule has 2 heterocycles. The number of carbonyl (C=O) groups is 1. The molecule has 3 rings (SSSR count). The first-order valence-electron chi connectivity index (χ1n) is 8.26. The lowest BCUT2D eigenvalue weighted by Crippen LogP contribution is -2.53. The van der Waals surface area contributed by atoms with Crippen molar-refractivity contribution < 1.29 is 4.79 Å². The summed E-state index contributed by atoms with van der Waals surface area (Å²) in [5.74, 6) is 0.893. The van der Waals surface area contributed by atoms with E-state index >= 15 is 0 Å². The number of halogens is 2. The molecule has 8 heteroatoms. The quantitative estimate of drug-likeness (QED) is 0.839. The summed E-state index contributed by atoms with van der Waals surface area (Å²) in [5, 5.41) is 3.24. The van der Waals surface area contributed by atoms with Crippen molar-refractivity contribution in [2.45, 2.75) is 44.6 Å². The number of carbonyl (C=O) groups excluding carboxylic acids is 1. The van der Waals surface area contributed by atoms with Gasteiger partial charge < -0.3 is 16.0 Å². The fourth-order valence-electron chi connectivity index (χ4n) is 3.65. The molecule has 2 aliphatic rings. The standard InChI is InChI=1S/C16H25N5O.2ClH/c17-12-16(6-1-2-7-16)14(22)20-13-5-3-10-21(11-13)15-18-8-4-9-19-15;;/h4,8-9,13H,1-3,5-7,10-12,17H2,(H,20,22);2*1H. The zero-order valence-corrected chi connectivity index (χ0v) is 15.5. The van der Waals surface area contributed by atoms with E-state index in [1.807, 2.05) is 6.07 Å². The van der Waals surface area contributed by atoms with Gasteiger partial charge in [-0.25, -0.2) is 9.97 Å². The molecular weight excluding hydrogens is 349 g/mol. The van der Waals surface area contributed by atoms with E-state index < -0.39 is 0 Å². The van der Waals surface area contributed by atoms with Crippen LogP contribution < -0.4 is 16.0 Å². The van der Waals surface area contributed by atoms with Crippen LogP contribution in [0.2, 0.25) is 0 Å². The minimum absolute atomic E-state index is 0. The van der Waals surface area contributed by atoms with Crippen molar-refractivity contribution in [2.24, 2.45) is 11.1 Å². The lowest BCUT2D eigenvalue weighted by molar-refractivity contribution is -0.131. The monoisotopic (exact) mass is 375 g/mol. The van der Waals surface area contributed by atoms with Crippen molar-refractivity contribution >= 4 is 36.7 Å².